The fraction of sp³-hybridized carbons (Fsp3) is 0.778. The van der Waals surface area contributed by atoms with Gasteiger partial charge in [0.05, 0.1) is 18.9 Å². The van der Waals surface area contributed by atoms with Gasteiger partial charge in [-0.15, -0.1) is 0 Å². The summed E-state index contributed by atoms with van der Waals surface area (Å²) in [7, 11) is -3.07. The zero-order valence-electron chi connectivity index (χ0n) is 17.6. The van der Waals surface area contributed by atoms with Crippen molar-refractivity contribution in [3.05, 3.63) is 17.8 Å². The molecule has 0 amide bonds. The van der Waals surface area contributed by atoms with E-state index >= 15 is 0 Å². The van der Waals surface area contributed by atoms with Crippen molar-refractivity contribution in [3.63, 3.8) is 0 Å². The van der Waals surface area contributed by atoms with Gasteiger partial charge in [0.1, 0.15) is 32.0 Å². The molecule has 2 fully saturated rings. The molecule has 1 aromatic heterocycles. The molecular formula is C18H32N2O6SSi. The number of fused-ring (bicyclic) bond motifs is 2. The van der Waals surface area contributed by atoms with Crippen LogP contribution in [0.5, 0.6) is 0 Å². The van der Waals surface area contributed by atoms with Crippen LogP contribution in [-0.4, -0.2) is 80.1 Å². The molecule has 10 heteroatoms. The van der Waals surface area contributed by atoms with Crippen LogP contribution in [-0.2, 0) is 19.7 Å². The summed E-state index contributed by atoms with van der Waals surface area (Å²) in [5.41, 5.74) is -0.781. The smallest absolute Gasteiger partial charge is 0.307 e. The molecule has 0 unspecified atom stereocenters. The molecular weight excluding hydrogens is 400 g/mol. The van der Waals surface area contributed by atoms with Crippen LogP contribution in [0.2, 0.25) is 18.1 Å². The summed E-state index contributed by atoms with van der Waals surface area (Å²) in [5, 5.41) is 21.0. The third kappa shape index (κ3) is 2.92. The minimum absolute atomic E-state index is 0.0833. The summed E-state index contributed by atoms with van der Waals surface area (Å²) < 4.78 is 40.8. The highest BCUT2D eigenvalue weighted by Gasteiger charge is 2.62. The van der Waals surface area contributed by atoms with Crippen molar-refractivity contribution in [1.29, 1.82) is 0 Å². The van der Waals surface area contributed by atoms with E-state index in [1.807, 2.05) is 6.07 Å². The Kier molecular flexibility index (Phi) is 5.19. The van der Waals surface area contributed by atoms with Crippen LogP contribution in [0.25, 0.3) is 0 Å². The molecule has 2 bridgehead atoms. The zero-order valence-corrected chi connectivity index (χ0v) is 19.4. The average molecular weight is 433 g/mol. The maximum absolute atomic E-state index is 13.3. The lowest BCUT2D eigenvalue weighted by molar-refractivity contribution is -0.164. The number of aromatic nitrogens is 1. The maximum atomic E-state index is 13.3. The molecule has 2 aliphatic rings. The molecule has 0 aromatic carbocycles. The average Bonchev–Trinajstić information content (AvgIpc) is 3.24. The Bertz CT molecular complexity index is 860. The molecule has 2 N–H and O–H groups in total. The van der Waals surface area contributed by atoms with Crippen molar-refractivity contribution in [2.75, 3.05) is 27.3 Å². The minimum atomic E-state index is -3.83. The number of rotatable bonds is 5. The molecule has 3 heterocycles. The van der Waals surface area contributed by atoms with Crippen molar-refractivity contribution in [1.82, 2.24) is 8.28 Å². The summed E-state index contributed by atoms with van der Waals surface area (Å²) in [6, 6.07) is 3.62. The van der Waals surface area contributed by atoms with Gasteiger partial charge in [0, 0.05) is 19.4 Å². The number of hydrogen-bond donors (Lipinski definition) is 2. The Morgan fingerprint density at radius 1 is 1.32 bits per heavy atom. The molecule has 28 heavy (non-hydrogen) atoms. The second-order valence-corrected chi connectivity index (χ2v) is 16.8. The van der Waals surface area contributed by atoms with Crippen molar-refractivity contribution in [2.24, 2.45) is 0 Å². The molecule has 160 valence electrons. The van der Waals surface area contributed by atoms with Crippen molar-refractivity contribution in [2.45, 2.75) is 62.8 Å². The lowest BCUT2D eigenvalue weighted by Crippen LogP contribution is -2.55. The Hall–Kier alpha value is -0.753. The number of ether oxygens (including phenoxy) is 2. The molecule has 8 nitrogen and oxygen atoms in total. The predicted molar refractivity (Wildman–Crippen MR) is 109 cm³/mol. The largest absolute Gasteiger partial charge is 0.393 e. The van der Waals surface area contributed by atoms with Crippen LogP contribution in [0, 0.1) is 0 Å². The quantitative estimate of drug-likeness (QED) is 0.654. The highest BCUT2D eigenvalue weighted by Crippen LogP contribution is 2.47. The summed E-state index contributed by atoms with van der Waals surface area (Å²) in [4.78, 5) is 0. The third-order valence-electron chi connectivity index (χ3n) is 6.66. The SMILES string of the molecule is CN(C)S(=O)(=O)n1c([C@@H]2O[C@@]3(CO)CO[C@@H]2[C@@H]3O)ccc1[Si](C)(C)C(C)(C)C. The van der Waals surface area contributed by atoms with Crippen molar-refractivity contribution in [3.8, 4) is 0 Å². The second kappa shape index (κ2) is 6.63. The Morgan fingerprint density at radius 2 is 1.93 bits per heavy atom. The van der Waals surface area contributed by atoms with Gasteiger partial charge in [-0.3, -0.25) is 0 Å². The van der Waals surface area contributed by atoms with Gasteiger partial charge >= 0.3 is 10.2 Å². The summed E-state index contributed by atoms with van der Waals surface area (Å²) in [5.74, 6) is 0. The highest BCUT2D eigenvalue weighted by molar-refractivity contribution is 7.87. The van der Waals surface area contributed by atoms with E-state index in [9.17, 15) is 18.6 Å². The molecule has 0 spiro atoms. The van der Waals surface area contributed by atoms with Gasteiger partial charge in [0.25, 0.3) is 0 Å². The summed E-state index contributed by atoms with van der Waals surface area (Å²) in [6.45, 7) is 10.4. The molecule has 4 atom stereocenters. The van der Waals surface area contributed by atoms with Crippen LogP contribution in [0.3, 0.4) is 0 Å². The van der Waals surface area contributed by atoms with E-state index < -0.39 is 48.8 Å². The topological polar surface area (TPSA) is 101 Å². The first-order valence-electron chi connectivity index (χ1n) is 9.44. The standard InChI is InChI=1S/C18H32N2O6SSi/c1-17(2,3)28(6,7)13-9-8-12(20(13)27(23,24)19(4)5)14-15-16(22)18(10-21,26-14)11-25-15/h8-9,14-16,21-22H,10-11H2,1-7H3/t14-,15-,16-,18-/m0/s1. The molecule has 2 saturated heterocycles. The van der Waals surface area contributed by atoms with Crippen LogP contribution in [0.1, 0.15) is 32.6 Å². The van der Waals surface area contributed by atoms with E-state index in [2.05, 4.69) is 33.9 Å². The fourth-order valence-electron chi connectivity index (χ4n) is 3.71. The second-order valence-electron chi connectivity index (χ2n) is 9.55. The molecule has 3 rings (SSSR count). The van der Waals surface area contributed by atoms with E-state index in [4.69, 9.17) is 9.47 Å². The number of aliphatic hydroxyl groups is 2. The Labute approximate surface area is 168 Å². The van der Waals surface area contributed by atoms with Crippen LogP contribution >= 0.6 is 0 Å². The monoisotopic (exact) mass is 432 g/mol. The van der Waals surface area contributed by atoms with Crippen LogP contribution in [0.4, 0.5) is 0 Å². The van der Waals surface area contributed by atoms with E-state index in [-0.39, 0.29) is 11.6 Å². The Morgan fingerprint density at radius 3 is 2.39 bits per heavy atom. The van der Waals surface area contributed by atoms with E-state index in [0.29, 0.717) is 5.69 Å². The number of hydrogen-bond acceptors (Lipinski definition) is 6. The first-order chi connectivity index (χ1) is 12.7. The normalized spacial score (nSPS) is 31.1. The van der Waals surface area contributed by atoms with Crippen molar-refractivity contribution < 1.29 is 28.1 Å². The summed E-state index contributed by atoms with van der Waals surface area (Å²) >= 11 is 0. The third-order valence-corrected chi connectivity index (χ3v) is 14.0. The molecule has 0 aliphatic carbocycles. The van der Waals surface area contributed by atoms with Crippen molar-refractivity contribution >= 4 is 23.6 Å². The minimum Gasteiger partial charge on any atom is -0.393 e. The predicted octanol–water partition coefficient (Wildman–Crippen LogP) is 0.420. The van der Waals surface area contributed by atoms with Crippen LogP contribution < -0.4 is 5.32 Å². The van der Waals surface area contributed by atoms with E-state index in [1.54, 1.807) is 6.07 Å². The molecule has 0 saturated carbocycles. The van der Waals surface area contributed by atoms with Gasteiger partial charge in [-0.25, -0.2) is 3.97 Å². The van der Waals surface area contributed by atoms with Gasteiger partial charge < -0.3 is 19.7 Å². The highest BCUT2D eigenvalue weighted by atomic mass is 32.2. The zero-order chi connectivity index (χ0) is 21.3. The molecule has 0 radical (unpaired) electrons. The Balaban J connectivity index is 2.20. The first kappa shape index (κ1) is 21.9. The van der Waals surface area contributed by atoms with E-state index in [0.717, 1.165) is 5.32 Å². The number of nitrogens with zero attached hydrogens (tertiary/aromatic N) is 2. The van der Waals surface area contributed by atoms with Gasteiger partial charge in [0.15, 0.2) is 0 Å². The van der Waals surface area contributed by atoms with E-state index in [1.165, 1.54) is 22.4 Å². The van der Waals surface area contributed by atoms with Gasteiger partial charge in [-0.05, 0) is 17.2 Å². The summed E-state index contributed by atoms with van der Waals surface area (Å²) in [6.07, 6.45) is -2.50. The van der Waals surface area contributed by atoms with Gasteiger partial charge in [0.2, 0.25) is 0 Å². The van der Waals surface area contributed by atoms with Gasteiger partial charge in [-0.2, -0.15) is 12.7 Å². The van der Waals surface area contributed by atoms with Crippen LogP contribution in [0.15, 0.2) is 12.1 Å². The lowest BCUT2D eigenvalue weighted by Gasteiger charge is -2.38. The molecule has 1 aromatic rings. The van der Waals surface area contributed by atoms with Gasteiger partial charge in [-0.1, -0.05) is 33.9 Å². The molecule has 2 aliphatic heterocycles. The number of aliphatic hydroxyl groups excluding tert-OH is 2. The fourth-order valence-corrected chi connectivity index (χ4v) is 7.71. The lowest BCUT2D eigenvalue weighted by atomic mass is 9.99. The first-order valence-corrected chi connectivity index (χ1v) is 13.8. The maximum Gasteiger partial charge on any atom is 0.307 e.